The van der Waals surface area contributed by atoms with Gasteiger partial charge in [0.25, 0.3) is 0 Å². The summed E-state index contributed by atoms with van der Waals surface area (Å²) in [5.74, 6) is 0. The van der Waals surface area contributed by atoms with Crippen LogP contribution >= 0.6 is 15.9 Å². The molecule has 0 aromatic heterocycles. The van der Waals surface area contributed by atoms with Crippen molar-refractivity contribution in [1.82, 2.24) is 5.32 Å². The van der Waals surface area contributed by atoms with E-state index in [9.17, 15) is 4.79 Å². The molecule has 0 heterocycles. The van der Waals surface area contributed by atoms with Gasteiger partial charge in [0.1, 0.15) is 5.60 Å². The number of carbonyl (C=O) groups excluding carboxylic acids is 1. The molecule has 4 nitrogen and oxygen atoms in total. The molecule has 2 N–H and O–H groups in total. The van der Waals surface area contributed by atoms with Crippen LogP contribution in [0.4, 0.5) is 10.5 Å². The number of amides is 1. The molecule has 1 aromatic rings. The number of carbonyl (C=O) groups is 1. The van der Waals surface area contributed by atoms with Gasteiger partial charge in [0.2, 0.25) is 0 Å². The molecule has 1 rings (SSSR count). The molecule has 0 spiro atoms. The fourth-order valence-electron chi connectivity index (χ4n) is 1.42. The first-order chi connectivity index (χ1) is 8.88. The van der Waals surface area contributed by atoms with Gasteiger partial charge in [-0.1, -0.05) is 12.1 Å². The van der Waals surface area contributed by atoms with Gasteiger partial charge in [0.15, 0.2) is 0 Å². The lowest BCUT2D eigenvalue weighted by atomic mass is 10.2. The van der Waals surface area contributed by atoms with Crippen molar-refractivity contribution in [3.8, 4) is 0 Å². The van der Waals surface area contributed by atoms with Crippen LogP contribution in [0.2, 0.25) is 0 Å². The summed E-state index contributed by atoms with van der Waals surface area (Å²) >= 11 is 3.47. The number of ether oxygens (including phenoxy) is 1. The zero-order valence-corrected chi connectivity index (χ0v) is 13.2. The van der Waals surface area contributed by atoms with Crippen LogP contribution in [0.15, 0.2) is 28.7 Å². The van der Waals surface area contributed by atoms with Gasteiger partial charge >= 0.3 is 6.09 Å². The van der Waals surface area contributed by atoms with Crippen molar-refractivity contribution in [3.63, 3.8) is 0 Å². The van der Waals surface area contributed by atoms with E-state index < -0.39 is 5.60 Å². The quantitative estimate of drug-likeness (QED) is 0.809. The van der Waals surface area contributed by atoms with Crippen molar-refractivity contribution in [2.75, 3.05) is 18.4 Å². The van der Waals surface area contributed by atoms with E-state index in [0.29, 0.717) is 6.54 Å². The van der Waals surface area contributed by atoms with Crippen LogP contribution in [0, 0.1) is 0 Å². The minimum atomic E-state index is -0.447. The number of hydrogen-bond donors (Lipinski definition) is 2. The van der Waals surface area contributed by atoms with Crippen molar-refractivity contribution >= 4 is 27.7 Å². The molecule has 1 aromatic carbocycles. The SMILES string of the molecule is CC(C)(C)OC(=O)NCCCNc1ccccc1Br. The smallest absolute Gasteiger partial charge is 0.407 e. The second-order valence-electron chi connectivity index (χ2n) is 5.19. The van der Waals surface area contributed by atoms with Gasteiger partial charge in [-0.05, 0) is 55.3 Å². The highest BCUT2D eigenvalue weighted by Gasteiger charge is 2.15. The second kappa shape index (κ2) is 7.38. The number of hydrogen-bond acceptors (Lipinski definition) is 3. The largest absolute Gasteiger partial charge is 0.444 e. The lowest BCUT2D eigenvalue weighted by molar-refractivity contribution is 0.0528. The summed E-state index contributed by atoms with van der Waals surface area (Å²) in [6.07, 6.45) is 0.467. The molecule has 0 aliphatic carbocycles. The van der Waals surface area contributed by atoms with Crippen molar-refractivity contribution in [3.05, 3.63) is 28.7 Å². The molecule has 0 saturated heterocycles. The van der Waals surface area contributed by atoms with Crippen LogP contribution in [0.5, 0.6) is 0 Å². The lowest BCUT2D eigenvalue weighted by Gasteiger charge is -2.19. The Morgan fingerprint density at radius 3 is 2.58 bits per heavy atom. The van der Waals surface area contributed by atoms with E-state index in [0.717, 1.165) is 23.1 Å². The first-order valence-electron chi connectivity index (χ1n) is 6.34. The van der Waals surface area contributed by atoms with Gasteiger partial charge in [-0.25, -0.2) is 4.79 Å². The summed E-state index contributed by atoms with van der Waals surface area (Å²) in [6, 6.07) is 7.94. The highest BCUT2D eigenvalue weighted by Crippen LogP contribution is 2.20. The van der Waals surface area contributed by atoms with E-state index in [-0.39, 0.29) is 6.09 Å². The number of para-hydroxylation sites is 1. The predicted octanol–water partition coefficient (Wildman–Crippen LogP) is 3.78. The third kappa shape index (κ3) is 7.06. The Labute approximate surface area is 123 Å². The van der Waals surface area contributed by atoms with Gasteiger partial charge < -0.3 is 15.4 Å². The second-order valence-corrected chi connectivity index (χ2v) is 6.04. The van der Waals surface area contributed by atoms with Gasteiger partial charge in [-0.3, -0.25) is 0 Å². The Balaban J connectivity index is 2.15. The van der Waals surface area contributed by atoms with Crippen LogP contribution in [0.1, 0.15) is 27.2 Å². The molecule has 0 fully saturated rings. The number of halogens is 1. The van der Waals surface area contributed by atoms with Crippen LogP contribution in [-0.4, -0.2) is 24.8 Å². The molecule has 106 valence electrons. The van der Waals surface area contributed by atoms with Gasteiger partial charge in [0, 0.05) is 23.2 Å². The normalized spacial score (nSPS) is 10.9. The average Bonchev–Trinajstić information content (AvgIpc) is 2.28. The molecule has 1 amide bonds. The first kappa shape index (κ1) is 15.8. The number of nitrogens with one attached hydrogen (secondary N) is 2. The summed E-state index contributed by atoms with van der Waals surface area (Å²) in [4.78, 5) is 11.4. The van der Waals surface area contributed by atoms with Crippen molar-refractivity contribution in [1.29, 1.82) is 0 Å². The molecular formula is C14H21BrN2O2. The Kier molecular flexibility index (Phi) is 6.15. The minimum absolute atomic E-state index is 0.367. The molecule has 0 aliphatic heterocycles. The Hall–Kier alpha value is -1.23. The van der Waals surface area contributed by atoms with Crippen molar-refractivity contribution < 1.29 is 9.53 Å². The molecule has 0 radical (unpaired) electrons. The average molecular weight is 329 g/mol. The van der Waals surface area contributed by atoms with Crippen LogP contribution in [0.3, 0.4) is 0 Å². The van der Waals surface area contributed by atoms with Gasteiger partial charge in [0.05, 0.1) is 0 Å². The first-order valence-corrected chi connectivity index (χ1v) is 7.13. The highest BCUT2D eigenvalue weighted by molar-refractivity contribution is 9.10. The van der Waals surface area contributed by atoms with Crippen LogP contribution in [-0.2, 0) is 4.74 Å². The van der Waals surface area contributed by atoms with E-state index in [1.54, 1.807) is 0 Å². The Morgan fingerprint density at radius 1 is 1.26 bits per heavy atom. The van der Waals surface area contributed by atoms with Crippen molar-refractivity contribution in [2.24, 2.45) is 0 Å². The molecule has 0 aliphatic rings. The fraction of sp³-hybridized carbons (Fsp3) is 0.500. The maximum atomic E-state index is 11.4. The highest BCUT2D eigenvalue weighted by atomic mass is 79.9. The molecule has 0 unspecified atom stereocenters. The standard InChI is InChI=1S/C14H21BrN2O2/c1-14(2,3)19-13(18)17-10-6-9-16-12-8-5-4-7-11(12)15/h4-5,7-8,16H,6,9-10H2,1-3H3,(H,17,18). The van der Waals surface area contributed by atoms with Crippen LogP contribution < -0.4 is 10.6 Å². The number of rotatable bonds is 5. The minimum Gasteiger partial charge on any atom is -0.444 e. The number of anilines is 1. The van der Waals surface area contributed by atoms with E-state index >= 15 is 0 Å². The topological polar surface area (TPSA) is 50.4 Å². The summed E-state index contributed by atoms with van der Waals surface area (Å²) in [6.45, 7) is 6.92. The van der Waals surface area contributed by atoms with E-state index in [4.69, 9.17) is 4.74 Å². The fourth-order valence-corrected chi connectivity index (χ4v) is 1.85. The Morgan fingerprint density at radius 2 is 1.95 bits per heavy atom. The summed E-state index contributed by atoms with van der Waals surface area (Å²) in [5, 5.41) is 6.02. The summed E-state index contributed by atoms with van der Waals surface area (Å²) < 4.78 is 6.18. The van der Waals surface area contributed by atoms with Crippen LogP contribution in [0.25, 0.3) is 0 Å². The summed E-state index contributed by atoms with van der Waals surface area (Å²) in [5.41, 5.74) is 0.608. The molecule has 0 bridgehead atoms. The molecule has 5 heteroatoms. The van der Waals surface area contributed by atoms with Gasteiger partial charge in [-0.2, -0.15) is 0 Å². The van der Waals surface area contributed by atoms with E-state index in [1.165, 1.54) is 0 Å². The predicted molar refractivity (Wildman–Crippen MR) is 81.5 cm³/mol. The van der Waals surface area contributed by atoms with E-state index in [1.807, 2.05) is 45.0 Å². The maximum absolute atomic E-state index is 11.4. The number of benzene rings is 1. The zero-order valence-electron chi connectivity index (χ0n) is 11.6. The summed E-state index contributed by atoms with van der Waals surface area (Å²) in [7, 11) is 0. The zero-order chi connectivity index (χ0) is 14.3. The van der Waals surface area contributed by atoms with Crippen molar-refractivity contribution in [2.45, 2.75) is 32.8 Å². The van der Waals surface area contributed by atoms with Gasteiger partial charge in [-0.15, -0.1) is 0 Å². The molecular weight excluding hydrogens is 308 g/mol. The third-order valence-corrected chi connectivity index (χ3v) is 2.90. The lowest BCUT2D eigenvalue weighted by Crippen LogP contribution is -2.33. The maximum Gasteiger partial charge on any atom is 0.407 e. The monoisotopic (exact) mass is 328 g/mol. The number of alkyl carbamates (subject to hydrolysis) is 1. The molecule has 0 atom stereocenters. The molecule has 0 saturated carbocycles. The third-order valence-electron chi connectivity index (χ3n) is 2.21. The van der Waals surface area contributed by atoms with E-state index in [2.05, 4.69) is 26.6 Å². The molecule has 19 heavy (non-hydrogen) atoms. The Bertz CT molecular complexity index is 416.